The third-order valence-corrected chi connectivity index (χ3v) is 1.84. The fourth-order valence-electron chi connectivity index (χ4n) is 0.684. The molecule has 0 atom stereocenters. The molecule has 0 saturated carbocycles. The Bertz CT molecular complexity index is 250. The van der Waals surface area contributed by atoms with E-state index in [1.165, 1.54) is 0 Å². The van der Waals surface area contributed by atoms with E-state index in [2.05, 4.69) is 22.6 Å². The maximum absolute atomic E-state index is 11.1. The molecule has 3 nitrogen and oxygen atoms in total. The highest BCUT2D eigenvalue weighted by atomic mass is 35.5. The Morgan fingerprint density at radius 3 is 1.50 bits per heavy atom. The van der Waals surface area contributed by atoms with Crippen LogP contribution in [0.25, 0.3) is 0 Å². The molecule has 0 aliphatic carbocycles. The predicted octanol–water partition coefficient (Wildman–Crippen LogP) is 4.55. The minimum atomic E-state index is -0.974. The van der Waals surface area contributed by atoms with Crippen LogP contribution < -0.4 is 0 Å². The van der Waals surface area contributed by atoms with Crippen molar-refractivity contribution in [2.45, 2.75) is 22.5 Å². The summed E-state index contributed by atoms with van der Waals surface area (Å²) in [4.78, 5) is 9.70. The highest BCUT2D eigenvalue weighted by molar-refractivity contribution is 6.44. The Balaban J connectivity index is 3.90. The summed E-state index contributed by atoms with van der Waals surface area (Å²) in [5.74, 6) is 0.196. The van der Waals surface area contributed by atoms with Crippen LogP contribution in [-0.4, -0.2) is 15.8 Å². The number of hydrogen-bond donors (Lipinski definition) is 0. The second-order valence-corrected chi connectivity index (χ2v) is 5.28. The normalized spacial score (nSPS) is 10.4. The first-order chi connectivity index (χ1) is 7.31. The molecule has 0 spiro atoms. The quantitative estimate of drug-likeness (QED) is 0.410. The molecule has 0 bridgehead atoms. The van der Waals surface area contributed by atoms with Gasteiger partial charge in [0.2, 0.25) is 0 Å². The number of ether oxygens (including phenoxy) is 2. The molecule has 0 aliphatic heterocycles. The van der Waals surface area contributed by atoms with Gasteiger partial charge in [0.25, 0.3) is 0 Å². The van der Waals surface area contributed by atoms with Gasteiger partial charge in [-0.3, -0.25) is 0 Å². The van der Waals surface area contributed by atoms with Gasteiger partial charge in [0, 0.05) is 12.8 Å². The van der Waals surface area contributed by atoms with Gasteiger partial charge in [-0.05, 0) is 0 Å². The minimum absolute atomic E-state index is 0.0982. The highest BCUT2D eigenvalue weighted by Gasteiger charge is 2.13. The summed E-state index contributed by atoms with van der Waals surface area (Å²) in [6.45, 7) is 6.86. The van der Waals surface area contributed by atoms with Crippen molar-refractivity contribution in [3.05, 3.63) is 24.7 Å². The summed E-state index contributed by atoms with van der Waals surface area (Å²) in [5.41, 5.74) is 0. The number of allylic oxidation sites excluding steroid dienone is 2. The van der Waals surface area contributed by atoms with Crippen LogP contribution in [0.3, 0.4) is 0 Å². The Kier molecular flexibility index (Phi) is 8.02. The summed E-state index contributed by atoms with van der Waals surface area (Å²) in [6.07, 6.45) is -0.727. The molecule has 0 saturated heterocycles. The molecule has 0 aromatic carbocycles. The molecule has 0 amide bonds. The molecular weight excluding hydrogens is 298 g/mol. The second-order valence-electron chi connectivity index (χ2n) is 2.72. The zero-order valence-corrected chi connectivity index (χ0v) is 11.2. The lowest BCUT2D eigenvalue weighted by molar-refractivity contribution is 0.0987. The van der Waals surface area contributed by atoms with Crippen molar-refractivity contribution in [1.82, 2.24) is 0 Å². The molecule has 0 fully saturated rings. The molecule has 0 radical (unpaired) electrons. The van der Waals surface area contributed by atoms with Crippen molar-refractivity contribution < 1.29 is 14.3 Å². The fourth-order valence-corrected chi connectivity index (χ4v) is 1.37. The van der Waals surface area contributed by atoms with E-state index >= 15 is 0 Å². The van der Waals surface area contributed by atoms with Crippen molar-refractivity contribution in [1.29, 1.82) is 0 Å². The monoisotopic (exact) mass is 306 g/mol. The molecule has 0 N–H and O–H groups in total. The van der Waals surface area contributed by atoms with E-state index in [1.54, 1.807) is 0 Å². The van der Waals surface area contributed by atoms with Gasteiger partial charge in [0.15, 0.2) is 0 Å². The standard InChI is InChI=1S/C9H10Cl4O3/c1-5(3-7(10)11)15-9(14)16-6(2)4-8(12)13/h7-8H,1-4H2. The number of alkyl halides is 4. The number of carbonyl (C=O) groups excluding carboxylic acids is 1. The van der Waals surface area contributed by atoms with Gasteiger partial charge in [-0.2, -0.15) is 0 Å². The smallest absolute Gasteiger partial charge is 0.400 e. The summed E-state index contributed by atoms with van der Waals surface area (Å²) in [5, 5.41) is 0. The maximum Gasteiger partial charge on any atom is 0.518 e. The van der Waals surface area contributed by atoms with Gasteiger partial charge in [0.1, 0.15) is 21.2 Å². The predicted molar refractivity (Wildman–Crippen MR) is 66.1 cm³/mol. The molecular formula is C9H10Cl4O3. The van der Waals surface area contributed by atoms with Crippen LogP contribution in [0.1, 0.15) is 12.8 Å². The average Bonchev–Trinajstić information content (AvgIpc) is 1.97. The SMILES string of the molecule is C=C(CC(Cl)Cl)OC(=O)OC(=C)CC(Cl)Cl. The van der Waals surface area contributed by atoms with Crippen molar-refractivity contribution in [3.63, 3.8) is 0 Å². The maximum atomic E-state index is 11.1. The van der Waals surface area contributed by atoms with E-state index in [4.69, 9.17) is 46.4 Å². The Hall–Kier alpha value is -0.0900. The topological polar surface area (TPSA) is 35.5 Å². The van der Waals surface area contributed by atoms with Crippen LogP contribution in [0.2, 0.25) is 0 Å². The zero-order chi connectivity index (χ0) is 12.7. The molecule has 0 aliphatic rings. The number of hydrogen-bond acceptors (Lipinski definition) is 3. The lowest BCUT2D eigenvalue weighted by Crippen LogP contribution is -2.08. The molecule has 0 rings (SSSR count). The number of carbonyl (C=O) groups is 1. The van der Waals surface area contributed by atoms with Gasteiger partial charge in [0.05, 0.1) is 0 Å². The Labute approximate surface area is 114 Å². The van der Waals surface area contributed by atoms with Crippen molar-refractivity contribution in [3.8, 4) is 0 Å². The molecule has 0 aromatic rings. The van der Waals surface area contributed by atoms with Gasteiger partial charge >= 0.3 is 6.16 Å². The summed E-state index contributed by atoms with van der Waals surface area (Å²) >= 11 is 21.8. The summed E-state index contributed by atoms with van der Waals surface area (Å²) in [6, 6.07) is 0. The van der Waals surface area contributed by atoms with Crippen LogP contribution in [0.15, 0.2) is 24.7 Å². The number of rotatable bonds is 6. The second kappa shape index (κ2) is 8.07. The van der Waals surface area contributed by atoms with E-state index in [9.17, 15) is 4.79 Å². The molecule has 0 unspecified atom stereocenters. The highest BCUT2D eigenvalue weighted by Crippen LogP contribution is 2.17. The van der Waals surface area contributed by atoms with Gasteiger partial charge in [-0.25, -0.2) is 4.79 Å². The summed E-state index contributed by atoms with van der Waals surface area (Å²) in [7, 11) is 0. The zero-order valence-electron chi connectivity index (χ0n) is 8.22. The van der Waals surface area contributed by atoms with E-state index in [0.29, 0.717) is 0 Å². The fraction of sp³-hybridized carbons (Fsp3) is 0.444. The first kappa shape index (κ1) is 15.9. The first-order valence-corrected chi connectivity index (χ1v) is 5.87. The van der Waals surface area contributed by atoms with Gasteiger partial charge in [-0.15, -0.1) is 46.4 Å². The minimum Gasteiger partial charge on any atom is -0.400 e. The average molecular weight is 308 g/mol. The van der Waals surface area contributed by atoms with Crippen molar-refractivity contribution >= 4 is 52.6 Å². The van der Waals surface area contributed by atoms with E-state index in [-0.39, 0.29) is 24.4 Å². The molecule has 0 aromatic heterocycles. The lowest BCUT2D eigenvalue weighted by atomic mass is 10.4. The van der Waals surface area contributed by atoms with Crippen LogP contribution in [-0.2, 0) is 9.47 Å². The van der Waals surface area contributed by atoms with Crippen LogP contribution in [0.5, 0.6) is 0 Å². The Morgan fingerprint density at radius 2 is 1.25 bits per heavy atom. The molecule has 0 heterocycles. The van der Waals surface area contributed by atoms with Crippen molar-refractivity contribution in [2.75, 3.05) is 0 Å². The first-order valence-electron chi connectivity index (χ1n) is 4.12. The molecule has 16 heavy (non-hydrogen) atoms. The third kappa shape index (κ3) is 9.16. The van der Waals surface area contributed by atoms with Crippen LogP contribution >= 0.6 is 46.4 Å². The molecule has 92 valence electrons. The van der Waals surface area contributed by atoms with E-state index in [0.717, 1.165) is 0 Å². The lowest BCUT2D eigenvalue weighted by Gasteiger charge is -2.09. The van der Waals surface area contributed by atoms with Crippen molar-refractivity contribution in [2.24, 2.45) is 0 Å². The van der Waals surface area contributed by atoms with Gasteiger partial charge in [-0.1, -0.05) is 13.2 Å². The number of halogens is 4. The van der Waals surface area contributed by atoms with Gasteiger partial charge < -0.3 is 9.47 Å². The van der Waals surface area contributed by atoms with Crippen LogP contribution in [0.4, 0.5) is 4.79 Å². The van der Waals surface area contributed by atoms with Crippen LogP contribution in [0, 0.1) is 0 Å². The largest absolute Gasteiger partial charge is 0.518 e. The Morgan fingerprint density at radius 1 is 0.938 bits per heavy atom. The summed E-state index contributed by atoms with van der Waals surface area (Å²) < 4.78 is 9.28. The molecule has 7 heteroatoms. The third-order valence-electron chi connectivity index (χ3n) is 1.22. The van der Waals surface area contributed by atoms with E-state index < -0.39 is 15.8 Å². The van der Waals surface area contributed by atoms with E-state index in [1.807, 2.05) is 0 Å².